The summed E-state index contributed by atoms with van der Waals surface area (Å²) in [5.74, 6) is 1.66. The highest BCUT2D eigenvalue weighted by molar-refractivity contribution is 6.30. The van der Waals surface area contributed by atoms with Gasteiger partial charge in [0.25, 0.3) is 0 Å². The number of hydrogen-bond acceptors (Lipinski definition) is 5. The number of hydrogen-bond donors (Lipinski definition) is 2. The van der Waals surface area contributed by atoms with Crippen molar-refractivity contribution in [1.82, 2.24) is 24.8 Å². The van der Waals surface area contributed by atoms with Crippen molar-refractivity contribution in [2.24, 2.45) is 5.41 Å². The minimum Gasteiger partial charge on any atom is -0.326 e. The van der Waals surface area contributed by atoms with Gasteiger partial charge in [-0.2, -0.15) is 0 Å². The Morgan fingerprint density at radius 1 is 1.22 bits per heavy atom. The third-order valence-corrected chi connectivity index (χ3v) is 4.92. The first-order valence-corrected chi connectivity index (χ1v) is 9.74. The van der Waals surface area contributed by atoms with Gasteiger partial charge in [-0.15, -0.1) is 0 Å². The molecular formula is C20H25ClN6. The Morgan fingerprint density at radius 2 is 2.00 bits per heavy atom. The Hall–Kier alpha value is -2.18. The zero-order valence-electron chi connectivity index (χ0n) is 16.0. The molecule has 1 unspecified atom stereocenters. The van der Waals surface area contributed by atoms with Crippen LogP contribution in [0.5, 0.6) is 0 Å². The van der Waals surface area contributed by atoms with Gasteiger partial charge in [-0.05, 0) is 42.6 Å². The largest absolute Gasteiger partial charge is 0.326 e. The third-order valence-electron chi connectivity index (χ3n) is 4.67. The number of imidazole rings is 1. The van der Waals surface area contributed by atoms with E-state index in [1.165, 1.54) is 0 Å². The Labute approximate surface area is 164 Å². The van der Waals surface area contributed by atoms with E-state index in [2.05, 4.69) is 41.0 Å². The number of halogens is 1. The molecular weight excluding hydrogens is 360 g/mol. The summed E-state index contributed by atoms with van der Waals surface area (Å²) in [4.78, 5) is 14.2. The molecule has 1 fully saturated rings. The fourth-order valence-corrected chi connectivity index (χ4v) is 3.57. The fraction of sp³-hybridized carbons (Fsp3) is 0.450. The Kier molecular flexibility index (Phi) is 4.78. The lowest BCUT2D eigenvalue weighted by atomic mass is 9.92. The van der Waals surface area contributed by atoms with E-state index in [0.29, 0.717) is 11.1 Å². The Balaban J connectivity index is 1.77. The number of nitrogens with zero attached hydrogens (tertiary/aromatic N) is 4. The molecule has 6 nitrogen and oxygen atoms in total. The molecule has 1 saturated heterocycles. The van der Waals surface area contributed by atoms with Crippen molar-refractivity contribution in [2.75, 3.05) is 18.4 Å². The van der Waals surface area contributed by atoms with Crippen molar-refractivity contribution in [3.8, 4) is 0 Å². The highest BCUT2D eigenvalue weighted by Crippen LogP contribution is 2.29. The van der Waals surface area contributed by atoms with E-state index in [-0.39, 0.29) is 5.41 Å². The maximum Gasteiger partial charge on any atom is 0.210 e. The van der Waals surface area contributed by atoms with Crippen molar-refractivity contribution >= 4 is 34.4 Å². The van der Waals surface area contributed by atoms with Gasteiger partial charge >= 0.3 is 0 Å². The molecule has 142 valence electrons. The summed E-state index contributed by atoms with van der Waals surface area (Å²) in [5, 5.41) is 7.59. The van der Waals surface area contributed by atoms with Crippen molar-refractivity contribution in [2.45, 2.75) is 39.7 Å². The first-order chi connectivity index (χ1) is 12.9. The molecule has 1 aromatic carbocycles. The minimum atomic E-state index is 0.137. The molecule has 2 aromatic heterocycles. The molecule has 1 aliphatic heterocycles. The lowest BCUT2D eigenvalue weighted by Gasteiger charge is -2.18. The van der Waals surface area contributed by atoms with Crippen molar-refractivity contribution in [3.63, 3.8) is 0 Å². The fourth-order valence-electron chi connectivity index (χ4n) is 3.44. The van der Waals surface area contributed by atoms with Crippen molar-refractivity contribution in [1.29, 1.82) is 0 Å². The summed E-state index contributed by atoms with van der Waals surface area (Å²) >= 11 is 6.01. The van der Waals surface area contributed by atoms with Gasteiger partial charge in [0.1, 0.15) is 11.3 Å². The second-order valence-electron chi connectivity index (χ2n) is 8.32. The molecule has 0 bridgehead atoms. The summed E-state index contributed by atoms with van der Waals surface area (Å²) in [6.45, 7) is 8.52. The van der Waals surface area contributed by atoms with E-state index < -0.39 is 0 Å². The normalized spacial score (nSPS) is 17.6. The molecule has 1 atom stereocenters. The minimum absolute atomic E-state index is 0.137. The van der Waals surface area contributed by atoms with Crippen LogP contribution in [0.25, 0.3) is 11.2 Å². The second kappa shape index (κ2) is 7.09. The molecule has 7 heteroatoms. The third kappa shape index (κ3) is 4.06. The number of anilines is 2. The quantitative estimate of drug-likeness (QED) is 0.700. The van der Waals surface area contributed by atoms with Crippen LogP contribution < -0.4 is 10.6 Å². The SMILES string of the molecule is CC(C)(C)Cc1ncc2nc(Nc3ccc(Cl)cc3)n(C3CCNC3)c2n1. The monoisotopic (exact) mass is 384 g/mol. The van der Waals surface area contributed by atoms with Gasteiger partial charge in [-0.1, -0.05) is 32.4 Å². The first-order valence-electron chi connectivity index (χ1n) is 9.36. The number of fused-ring (bicyclic) bond motifs is 1. The highest BCUT2D eigenvalue weighted by atomic mass is 35.5. The summed E-state index contributed by atoms with van der Waals surface area (Å²) in [5.41, 5.74) is 2.80. The van der Waals surface area contributed by atoms with Gasteiger partial charge in [0.2, 0.25) is 5.95 Å². The number of benzene rings is 1. The molecule has 0 amide bonds. The van der Waals surface area contributed by atoms with Gasteiger partial charge in [-0.25, -0.2) is 15.0 Å². The molecule has 4 rings (SSSR count). The number of nitrogens with one attached hydrogen (secondary N) is 2. The van der Waals surface area contributed by atoms with Crippen LogP contribution in [0.4, 0.5) is 11.6 Å². The van der Waals surface area contributed by atoms with Crippen LogP contribution in [0.3, 0.4) is 0 Å². The lowest BCUT2D eigenvalue weighted by molar-refractivity contribution is 0.401. The number of rotatable bonds is 4. The average Bonchev–Trinajstić information content (AvgIpc) is 3.22. The summed E-state index contributed by atoms with van der Waals surface area (Å²) in [6, 6.07) is 7.97. The van der Waals surface area contributed by atoms with E-state index in [0.717, 1.165) is 54.6 Å². The van der Waals surface area contributed by atoms with Crippen LogP contribution >= 0.6 is 11.6 Å². The van der Waals surface area contributed by atoms with Crippen molar-refractivity contribution < 1.29 is 0 Å². The van der Waals surface area contributed by atoms with Gasteiger partial charge in [-0.3, -0.25) is 4.57 Å². The smallest absolute Gasteiger partial charge is 0.210 e. The summed E-state index contributed by atoms with van der Waals surface area (Å²) in [6.07, 6.45) is 3.73. The van der Waals surface area contributed by atoms with E-state index >= 15 is 0 Å². The Morgan fingerprint density at radius 3 is 2.67 bits per heavy atom. The predicted molar refractivity (Wildman–Crippen MR) is 110 cm³/mol. The topological polar surface area (TPSA) is 67.7 Å². The number of aromatic nitrogens is 4. The Bertz CT molecular complexity index is 936. The van der Waals surface area contributed by atoms with E-state index in [1.807, 2.05) is 30.5 Å². The van der Waals surface area contributed by atoms with Crippen LogP contribution in [0, 0.1) is 5.41 Å². The van der Waals surface area contributed by atoms with E-state index in [1.54, 1.807) is 0 Å². The molecule has 0 radical (unpaired) electrons. The first kappa shape index (κ1) is 18.2. The zero-order valence-corrected chi connectivity index (χ0v) is 16.7. The standard InChI is InChI=1S/C20H25ClN6/c1-20(2,3)10-17-23-12-16-18(26-17)27(15-8-9-22-11-15)19(25-16)24-14-6-4-13(21)5-7-14/h4-7,12,15,22H,8-11H2,1-3H3,(H,24,25). The molecule has 3 heterocycles. The van der Waals surface area contributed by atoms with E-state index in [9.17, 15) is 0 Å². The predicted octanol–water partition coefficient (Wildman–Crippen LogP) is 4.35. The molecule has 0 aliphatic carbocycles. The average molecular weight is 385 g/mol. The van der Waals surface area contributed by atoms with Crippen LogP contribution in [-0.2, 0) is 6.42 Å². The maximum absolute atomic E-state index is 6.01. The summed E-state index contributed by atoms with van der Waals surface area (Å²) < 4.78 is 2.22. The van der Waals surface area contributed by atoms with E-state index in [4.69, 9.17) is 21.6 Å². The molecule has 0 spiro atoms. The molecule has 27 heavy (non-hydrogen) atoms. The molecule has 3 aromatic rings. The lowest BCUT2D eigenvalue weighted by Crippen LogP contribution is -2.16. The maximum atomic E-state index is 6.01. The van der Waals surface area contributed by atoms with Gasteiger partial charge in [0, 0.05) is 23.7 Å². The van der Waals surface area contributed by atoms with Gasteiger partial charge in [0.15, 0.2) is 5.65 Å². The zero-order chi connectivity index (χ0) is 19.0. The molecule has 0 saturated carbocycles. The van der Waals surface area contributed by atoms with Gasteiger partial charge < -0.3 is 10.6 Å². The molecule has 2 N–H and O–H groups in total. The molecule has 1 aliphatic rings. The van der Waals surface area contributed by atoms with Gasteiger partial charge in [0.05, 0.1) is 12.2 Å². The summed E-state index contributed by atoms with van der Waals surface area (Å²) in [7, 11) is 0. The highest BCUT2D eigenvalue weighted by Gasteiger charge is 2.24. The van der Waals surface area contributed by atoms with Crippen LogP contribution in [0.1, 0.15) is 39.1 Å². The second-order valence-corrected chi connectivity index (χ2v) is 8.75. The van der Waals surface area contributed by atoms with Crippen LogP contribution in [0.15, 0.2) is 30.5 Å². The van der Waals surface area contributed by atoms with Crippen molar-refractivity contribution in [3.05, 3.63) is 41.3 Å². The van der Waals surface area contributed by atoms with Crippen LogP contribution in [0.2, 0.25) is 5.02 Å². The van der Waals surface area contributed by atoms with Crippen LogP contribution in [-0.4, -0.2) is 32.6 Å².